The standard InChI is InChI=1S/C15H26N2O2S/c1-5-13(4)17(7-3)20(18,19)15-11-9-8-10-14(15)12-16-6-2/h8-11,13,16H,5-7,12H2,1-4H3. The van der Waals surface area contributed by atoms with Gasteiger partial charge in [-0.2, -0.15) is 4.31 Å². The van der Waals surface area contributed by atoms with E-state index in [4.69, 9.17) is 0 Å². The lowest BCUT2D eigenvalue weighted by atomic mass is 10.2. The van der Waals surface area contributed by atoms with Gasteiger partial charge in [0.15, 0.2) is 0 Å². The van der Waals surface area contributed by atoms with Crippen molar-refractivity contribution in [3.8, 4) is 0 Å². The second-order valence-electron chi connectivity index (χ2n) is 4.85. The third-order valence-electron chi connectivity index (χ3n) is 3.52. The zero-order chi connectivity index (χ0) is 15.2. The molecule has 0 amide bonds. The minimum atomic E-state index is -3.43. The van der Waals surface area contributed by atoms with Gasteiger partial charge >= 0.3 is 0 Å². The molecule has 5 heteroatoms. The van der Waals surface area contributed by atoms with Crippen LogP contribution in [0.25, 0.3) is 0 Å². The number of hydrogen-bond donors (Lipinski definition) is 1. The van der Waals surface area contributed by atoms with Gasteiger partial charge in [-0.3, -0.25) is 0 Å². The average Bonchev–Trinajstić information content (AvgIpc) is 2.45. The maximum absolute atomic E-state index is 12.8. The molecule has 20 heavy (non-hydrogen) atoms. The zero-order valence-electron chi connectivity index (χ0n) is 12.9. The number of benzene rings is 1. The molecular formula is C15H26N2O2S. The van der Waals surface area contributed by atoms with Gasteiger partial charge < -0.3 is 5.32 Å². The molecule has 1 rings (SSSR count). The lowest BCUT2D eigenvalue weighted by Crippen LogP contribution is -2.38. The predicted octanol–water partition coefficient (Wildman–Crippen LogP) is 2.61. The van der Waals surface area contributed by atoms with Crippen molar-refractivity contribution in [2.75, 3.05) is 13.1 Å². The van der Waals surface area contributed by atoms with E-state index in [9.17, 15) is 8.42 Å². The van der Waals surface area contributed by atoms with Crippen LogP contribution < -0.4 is 5.32 Å². The van der Waals surface area contributed by atoms with Crippen molar-refractivity contribution in [2.24, 2.45) is 0 Å². The average molecular weight is 298 g/mol. The zero-order valence-corrected chi connectivity index (χ0v) is 13.7. The van der Waals surface area contributed by atoms with Gasteiger partial charge in [0.1, 0.15) is 0 Å². The van der Waals surface area contributed by atoms with Crippen LogP contribution in [0.1, 0.15) is 39.7 Å². The molecule has 0 radical (unpaired) electrons. The van der Waals surface area contributed by atoms with Crippen LogP contribution in [0.4, 0.5) is 0 Å². The SMILES string of the molecule is CCNCc1ccccc1S(=O)(=O)N(CC)C(C)CC. The highest BCUT2D eigenvalue weighted by atomic mass is 32.2. The summed E-state index contributed by atoms with van der Waals surface area (Å²) in [6, 6.07) is 7.25. The monoisotopic (exact) mass is 298 g/mol. The van der Waals surface area contributed by atoms with Crippen molar-refractivity contribution in [3.05, 3.63) is 29.8 Å². The predicted molar refractivity (Wildman–Crippen MR) is 83.1 cm³/mol. The molecule has 0 aliphatic carbocycles. The summed E-state index contributed by atoms with van der Waals surface area (Å²) in [6.45, 7) is 9.74. The minimum Gasteiger partial charge on any atom is -0.313 e. The summed E-state index contributed by atoms with van der Waals surface area (Å²) in [4.78, 5) is 0.420. The topological polar surface area (TPSA) is 49.4 Å². The van der Waals surface area contributed by atoms with E-state index in [1.165, 1.54) is 0 Å². The molecule has 0 aliphatic heterocycles. The molecule has 1 N–H and O–H groups in total. The van der Waals surface area contributed by atoms with Crippen molar-refractivity contribution >= 4 is 10.0 Å². The van der Waals surface area contributed by atoms with Crippen molar-refractivity contribution in [1.29, 1.82) is 0 Å². The number of sulfonamides is 1. The summed E-state index contributed by atoms with van der Waals surface area (Å²) in [6.07, 6.45) is 0.808. The summed E-state index contributed by atoms with van der Waals surface area (Å²) in [5.74, 6) is 0. The fourth-order valence-corrected chi connectivity index (χ4v) is 4.15. The summed E-state index contributed by atoms with van der Waals surface area (Å²) in [7, 11) is -3.43. The van der Waals surface area contributed by atoms with Gasteiger partial charge in [-0.15, -0.1) is 0 Å². The molecule has 0 aliphatic rings. The number of rotatable bonds is 8. The Morgan fingerprint density at radius 3 is 2.40 bits per heavy atom. The van der Waals surface area contributed by atoms with E-state index in [0.29, 0.717) is 18.0 Å². The fourth-order valence-electron chi connectivity index (χ4n) is 2.21. The lowest BCUT2D eigenvalue weighted by Gasteiger charge is -2.27. The molecule has 0 spiro atoms. The first-order chi connectivity index (χ1) is 9.48. The molecule has 1 unspecified atom stereocenters. The molecule has 1 aromatic carbocycles. The van der Waals surface area contributed by atoms with Gasteiger partial charge in [-0.05, 0) is 31.5 Å². The smallest absolute Gasteiger partial charge is 0.243 e. The summed E-state index contributed by atoms with van der Waals surface area (Å²) >= 11 is 0. The van der Waals surface area contributed by atoms with Gasteiger partial charge in [-0.25, -0.2) is 8.42 Å². The molecule has 1 aromatic rings. The molecule has 0 fully saturated rings. The van der Waals surface area contributed by atoms with E-state index in [1.54, 1.807) is 16.4 Å². The Labute approximate surface area is 123 Å². The van der Waals surface area contributed by atoms with Crippen molar-refractivity contribution in [1.82, 2.24) is 9.62 Å². The first kappa shape index (κ1) is 17.1. The van der Waals surface area contributed by atoms with Crippen molar-refractivity contribution in [2.45, 2.75) is 51.6 Å². The quantitative estimate of drug-likeness (QED) is 0.802. The molecule has 0 aromatic heterocycles. The van der Waals surface area contributed by atoms with E-state index in [1.807, 2.05) is 39.8 Å². The second-order valence-corrected chi connectivity index (χ2v) is 6.71. The Hall–Kier alpha value is -0.910. The molecule has 1 atom stereocenters. The first-order valence-corrected chi connectivity index (χ1v) is 8.73. The number of hydrogen-bond acceptors (Lipinski definition) is 3. The van der Waals surface area contributed by atoms with Crippen LogP contribution in [0.2, 0.25) is 0 Å². The molecule has 0 saturated carbocycles. The van der Waals surface area contributed by atoms with Gasteiger partial charge in [0.05, 0.1) is 4.90 Å². The molecule has 4 nitrogen and oxygen atoms in total. The highest BCUT2D eigenvalue weighted by Gasteiger charge is 2.28. The Balaban J connectivity index is 3.20. The number of nitrogens with zero attached hydrogens (tertiary/aromatic N) is 1. The highest BCUT2D eigenvalue weighted by molar-refractivity contribution is 7.89. The van der Waals surface area contributed by atoms with Crippen LogP contribution in [-0.2, 0) is 16.6 Å². The maximum atomic E-state index is 12.8. The second kappa shape index (κ2) is 7.76. The Morgan fingerprint density at radius 1 is 1.20 bits per heavy atom. The van der Waals surface area contributed by atoms with Crippen LogP contribution in [0.15, 0.2) is 29.2 Å². The minimum absolute atomic E-state index is 0.0113. The highest BCUT2D eigenvalue weighted by Crippen LogP contribution is 2.22. The van der Waals surface area contributed by atoms with Gasteiger partial charge in [0.2, 0.25) is 10.0 Å². The van der Waals surface area contributed by atoms with E-state index >= 15 is 0 Å². The van der Waals surface area contributed by atoms with Crippen LogP contribution in [0.3, 0.4) is 0 Å². The van der Waals surface area contributed by atoms with E-state index in [0.717, 1.165) is 18.5 Å². The molecular weight excluding hydrogens is 272 g/mol. The largest absolute Gasteiger partial charge is 0.313 e. The Kier molecular flexibility index (Phi) is 6.65. The van der Waals surface area contributed by atoms with Crippen LogP contribution >= 0.6 is 0 Å². The van der Waals surface area contributed by atoms with E-state index < -0.39 is 10.0 Å². The molecule has 0 bridgehead atoms. The fraction of sp³-hybridized carbons (Fsp3) is 0.600. The summed E-state index contributed by atoms with van der Waals surface area (Å²) in [5.41, 5.74) is 0.830. The summed E-state index contributed by atoms with van der Waals surface area (Å²) < 4.78 is 27.3. The first-order valence-electron chi connectivity index (χ1n) is 7.29. The summed E-state index contributed by atoms with van der Waals surface area (Å²) in [5, 5.41) is 3.19. The Bertz CT molecular complexity index is 514. The molecule has 0 heterocycles. The lowest BCUT2D eigenvalue weighted by molar-refractivity contribution is 0.342. The van der Waals surface area contributed by atoms with Gasteiger partial charge in [-0.1, -0.05) is 39.0 Å². The normalized spacial score (nSPS) is 13.7. The van der Waals surface area contributed by atoms with Gasteiger partial charge in [0.25, 0.3) is 0 Å². The van der Waals surface area contributed by atoms with E-state index in [2.05, 4.69) is 5.32 Å². The van der Waals surface area contributed by atoms with Crippen LogP contribution in [0.5, 0.6) is 0 Å². The molecule has 114 valence electrons. The van der Waals surface area contributed by atoms with Crippen molar-refractivity contribution < 1.29 is 8.42 Å². The maximum Gasteiger partial charge on any atom is 0.243 e. The Morgan fingerprint density at radius 2 is 1.85 bits per heavy atom. The third kappa shape index (κ3) is 3.81. The van der Waals surface area contributed by atoms with Gasteiger partial charge in [0, 0.05) is 19.1 Å². The van der Waals surface area contributed by atoms with Crippen LogP contribution in [-0.4, -0.2) is 31.9 Å². The van der Waals surface area contributed by atoms with E-state index in [-0.39, 0.29) is 6.04 Å². The molecule has 0 saturated heterocycles. The number of nitrogens with one attached hydrogen (secondary N) is 1. The van der Waals surface area contributed by atoms with Crippen molar-refractivity contribution in [3.63, 3.8) is 0 Å². The third-order valence-corrected chi connectivity index (χ3v) is 5.71. The van der Waals surface area contributed by atoms with Crippen LogP contribution in [0, 0.1) is 0 Å².